The highest BCUT2D eigenvalue weighted by atomic mass is 16.6. The van der Waals surface area contributed by atoms with Gasteiger partial charge in [-0.2, -0.15) is 5.10 Å². The molecule has 1 aromatic carbocycles. The highest BCUT2D eigenvalue weighted by Gasteiger charge is 2.39. The molecule has 1 aliphatic heterocycles. The lowest BCUT2D eigenvalue weighted by Crippen LogP contribution is -2.70. The number of aryl methyl sites for hydroxylation is 1. The number of carbonyl (C=O) groups excluding carboxylic acids is 2. The maximum absolute atomic E-state index is 13.0. The molecule has 38 heavy (non-hydrogen) atoms. The number of fused-ring (bicyclic) bond motifs is 1. The molecule has 0 aliphatic carbocycles. The van der Waals surface area contributed by atoms with Crippen LogP contribution in [0.3, 0.4) is 0 Å². The van der Waals surface area contributed by atoms with E-state index in [1.54, 1.807) is 24.0 Å². The molecule has 2 amide bonds. The third-order valence-corrected chi connectivity index (χ3v) is 6.27. The molecule has 0 atom stereocenters. The zero-order valence-corrected chi connectivity index (χ0v) is 22.4. The Morgan fingerprint density at radius 1 is 1.05 bits per heavy atom. The van der Waals surface area contributed by atoms with Crippen molar-refractivity contribution in [2.75, 3.05) is 13.1 Å². The van der Waals surface area contributed by atoms with E-state index in [0.717, 1.165) is 18.2 Å². The molecule has 0 spiro atoms. The summed E-state index contributed by atoms with van der Waals surface area (Å²) in [6, 6.07) is 3.31. The first-order valence-corrected chi connectivity index (χ1v) is 12.3. The van der Waals surface area contributed by atoms with E-state index in [-0.39, 0.29) is 11.7 Å². The Hall–Kier alpha value is -2.16. The minimum atomic E-state index is -2.40. The number of amides is 2. The molecule has 2 aromatic rings. The van der Waals surface area contributed by atoms with Crippen molar-refractivity contribution in [1.82, 2.24) is 20.0 Å². The normalized spacial score (nSPS) is 15.9. The molecule has 0 bridgehead atoms. The number of aromatic nitrogens is 2. The zero-order valence-electron chi connectivity index (χ0n) is 22.4. The van der Waals surface area contributed by atoms with E-state index in [1.165, 1.54) is 0 Å². The monoisotopic (exact) mass is 500 g/mol. The van der Waals surface area contributed by atoms with Crippen LogP contribution in [0, 0.1) is 12.8 Å². The van der Waals surface area contributed by atoms with Crippen molar-refractivity contribution in [2.24, 2.45) is 5.92 Å². The maximum atomic E-state index is 13.0. The Morgan fingerprint density at radius 3 is 2.21 bits per heavy atom. The van der Waals surface area contributed by atoms with Crippen LogP contribution in [0.5, 0.6) is 0 Å². The number of rotatable bonds is 7. The minimum absolute atomic E-state index is 0.276. The number of ether oxygens (including phenoxy) is 2. The maximum Gasteiger partial charge on any atom is 0.410 e. The van der Waals surface area contributed by atoms with E-state index in [1.807, 2.05) is 31.6 Å². The van der Waals surface area contributed by atoms with Crippen LogP contribution in [-0.4, -0.2) is 116 Å². The lowest BCUT2D eigenvalue weighted by Gasteiger charge is -2.49. The van der Waals surface area contributed by atoms with E-state index in [4.69, 9.17) is 64.4 Å². The van der Waals surface area contributed by atoms with Crippen molar-refractivity contribution >= 4 is 77.8 Å². The lowest BCUT2D eigenvalue weighted by atomic mass is 9.38. The number of carbonyl (C=O) groups is 2. The molecule has 1 fully saturated rings. The topological polar surface area (TPSA) is 85.7 Å². The first-order chi connectivity index (χ1) is 17.3. The van der Waals surface area contributed by atoms with Gasteiger partial charge in [-0.25, -0.2) is 4.79 Å². The van der Waals surface area contributed by atoms with Gasteiger partial charge in [0.1, 0.15) is 21.3 Å². The smallest absolute Gasteiger partial charge is 0.410 e. The number of hydrogen-bond acceptors (Lipinski definition) is 5. The summed E-state index contributed by atoms with van der Waals surface area (Å²) in [5.74, 6) is -0.319. The van der Waals surface area contributed by atoms with Gasteiger partial charge in [-0.05, 0) is 80.2 Å². The lowest BCUT2D eigenvalue weighted by molar-refractivity contribution is 0.0177. The van der Waals surface area contributed by atoms with Crippen molar-refractivity contribution in [1.29, 1.82) is 0 Å². The van der Waals surface area contributed by atoms with Gasteiger partial charge in [-0.15, -0.1) is 0 Å². The van der Waals surface area contributed by atoms with Crippen LogP contribution < -0.4 is 5.32 Å². The molecule has 1 aliphatic rings. The van der Waals surface area contributed by atoms with Gasteiger partial charge in [0.2, 0.25) is 0 Å². The minimum Gasteiger partial charge on any atom is -0.444 e. The number of hydrogen-bond donors (Lipinski definition) is 1. The number of benzene rings is 1. The van der Waals surface area contributed by atoms with Gasteiger partial charge in [-0.1, -0.05) is 0 Å². The molecule has 15 heteroatoms. The van der Waals surface area contributed by atoms with Crippen molar-refractivity contribution < 1.29 is 19.1 Å². The largest absolute Gasteiger partial charge is 0.444 e. The molecule has 2 heterocycles. The summed E-state index contributed by atoms with van der Waals surface area (Å²) in [4.78, 5) is 27.1. The van der Waals surface area contributed by atoms with Crippen LogP contribution in [0.25, 0.3) is 10.9 Å². The van der Waals surface area contributed by atoms with Gasteiger partial charge in [0.05, 0.1) is 44.7 Å². The third-order valence-electron chi connectivity index (χ3n) is 6.27. The second kappa shape index (κ2) is 10.8. The van der Waals surface area contributed by atoms with Gasteiger partial charge in [0, 0.05) is 36.8 Å². The van der Waals surface area contributed by atoms with Crippen LogP contribution in [0.4, 0.5) is 4.79 Å². The van der Waals surface area contributed by atoms with Crippen molar-refractivity contribution in [3.05, 3.63) is 29.5 Å². The van der Waals surface area contributed by atoms with Crippen LogP contribution in [0.1, 0.15) is 49.5 Å². The van der Waals surface area contributed by atoms with Gasteiger partial charge in [-0.3, -0.25) is 9.48 Å². The number of nitrogens with zero attached hydrogens (tertiary/aromatic N) is 3. The molecular weight excluding hydrogens is 472 g/mol. The molecule has 0 saturated carbocycles. The molecule has 3 rings (SSSR count). The number of likely N-dealkylation sites (tertiary alicyclic amines) is 1. The molecule has 184 valence electrons. The Morgan fingerprint density at radius 2 is 1.66 bits per heavy atom. The first kappa shape index (κ1) is 30.4. The van der Waals surface area contributed by atoms with Crippen molar-refractivity contribution in [3.63, 3.8) is 0 Å². The van der Waals surface area contributed by atoms with Crippen molar-refractivity contribution in [2.45, 2.75) is 68.7 Å². The number of nitrogens with one attached hydrogen (secondary N) is 1. The predicted molar refractivity (Wildman–Crippen MR) is 152 cm³/mol. The fourth-order valence-electron chi connectivity index (χ4n) is 4.24. The molecular formula is C23H27B7N4O4. The van der Waals surface area contributed by atoms with E-state index in [0.29, 0.717) is 36.6 Å². The van der Waals surface area contributed by atoms with Gasteiger partial charge in [0.25, 0.3) is 5.91 Å². The molecule has 1 aromatic heterocycles. The second-order valence-electron chi connectivity index (χ2n) is 11.0. The van der Waals surface area contributed by atoms with E-state index < -0.39 is 27.5 Å². The molecule has 8 nitrogen and oxygen atoms in total. The highest BCUT2D eigenvalue weighted by Crippen LogP contribution is 2.26. The highest BCUT2D eigenvalue weighted by molar-refractivity contribution is 6.60. The summed E-state index contributed by atoms with van der Waals surface area (Å²) in [6.45, 7) is 9.25. The quantitative estimate of drug-likeness (QED) is 0.536. The fraction of sp³-hybridized carbons (Fsp3) is 0.609. The van der Waals surface area contributed by atoms with Crippen LogP contribution in [0.15, 0.2) is 18.3 Å². The molecule has 14 radical (unpaired) electrons. The Labute approximate surface area is 233 Å². The van der Waals surface area contributed by atoms with Crippen LogP contribution in [0.2, 0.25) is 0 Å². The summed E-state index contributed by atoms with van der Waals surface area (Å²) in [5.41, 5.74) is 1.11. The summed E-state index contributed by atoms with van der Waals surface area (Å²) in [6.07, 6.45) is 3.25. The zero-order chi connectivity index (χ0) is 28.7. The Kier molecular flexibility index (Phi) is 8.62. The van der Waals surface area contributed by atoms with E-state index >= 15 is 0 Å². The second-order valence-corrected chi connectivity index (χ2v) is 11.0. The molecule has 0 unspecified atom stereocenters. The molecule has 1 saturated heterocycles. The third kappa shape index (κ3) is 7.48. The summed E-state index contributed by atoms with van der Waals surface area (Å²) in [5, 5.41) is 0.847. The Balaban J connectivity index is 1.68. The summed E-state index contributed by atoms with van der Waals surface area (Å²) in [7, 11) is 39.6. The number of piperidine rings is 1. The first-order valence-electron chi connectivity index (χ1n) is 12.3. The predicted octanol–water partition coefficient (Wildman–Crippen LogP) is -0.163. The SMILES string of the molecule is [B]C([B])([B])OC([B])([B])C([B])([B])NC(=O)c1ccc2nn(CC3CCN(C(=O)OC(C)(C)C)CC3)cc2c1C. The van der Waals surface area contributed by atoms with Gasteiger partial charge >= 0.3 is 6.09 Å². The van der Waals surface area contributed by atoms with Gasteiger partial charge in [0.15, 0.2) is 0 Å². The van der Waals surface area contributed by atoms with Crippen LogP contribution in [-0.2, 0) is 16.0 Å². The van der Waals surface area contributed by atoms with Crippen molar-refractivity contribution in [3.8, 4) is 0 Å². The van der Waals surface area contributed by atoms with E-state index in [2.05, 4.69) is 10.4 Å². The summed E-state index contributed by atoms with van der Waals surface area (Å²) < 4.78 is 12.2. The standard InChI is InChI=1S/C23H27B7N4O4/c1-13-15(18(35)31-21(24,25)22(26,27)38-23(28,29)30)5-6-17-16(13)12-34(32-17)11-14-7-9-33(10-8-14)19(36)37-20(2,3)4/h5-6,12,14H,7-11H2,1-4H3,(H,31,35). The fourth-order valence-corrected chi connectivity index (χ4v) is 4.24. The van der Waals surface area contributed by atoms with Gasteiger partial charge < -0.3 is 19.7 Å². The molecule has 1 N–H and O–H groups in total. The van der Waals surface area contributed by atoms with Crippen LogP contribution >= 0.6 is 0 Å². The average molecular weight is 499 g/mol. The average Bonchev–Trinajstić information content (AvgIpc) is 3.14. The Bertz CT molecular complexity index is 1180. The van der Waals surface area contributed by atoms with E-state index in [9.17, 15) is 9.59 Å². The summed E-state index contributed by atoms with van der Waals surface area (Å²) >= 11 is 0.